The van der Waals surface area contributed by atoms with Crippen molar-refractivity contribution in [3.8, 4) is 0 Å². The molecule has 100 valence electrons. The van der Waals surface area contributed by atoms with Crippen LogP contribution in [0.3, 0.4) is 0 Å². The molecule has 1 aromatic rings. The van der Waals surface area contributed by atoms with Crippen molar-refractivity contribution in [2.45, 2.75) is 13.5 Å². The van der Waals surface area contributed by atoms with Crippen molar-refractivity contribution in [2.24, 2.45) is 0 Å². The molecule has 1 aromatic carbocycles. The van der Waals surface area contributed by atoms with E-state index in [-0.39, 0.29) is 6.61 Å². The summed E-state index contributed by atoms with van der Waals surface area (Å²) in [5.74, 6) is -0.428. The van der Waals surface area contributed by atoms with E-state index in [0.717, 1.165) is 12.1 Å². The van der Waals surface area contributed by atoms with Crippen LogP contribution in [0.25, 0.3) is 0 Å². The molecule has 0 aliphatic heterocycles. The Bertz CT molecular complexity index is 407. The molecule has 3 N–H and O–H groups in total. The molecule has 0 atom stereocenters. The Morgan fingerprint density at radius 1 is 1.50 bits per heavy atom. The van der Waals surface area contributed by atoms with Crippen molar-refractivity contribution in [3.63, 3.8) is 0 Å². The van der Waals surface area contributed by atoms with Gasteiger partial charge in [0.2, 0.25) is 0 Å². The Kier molecular flexibility index (Phi) is 5.61. The number of nitrogens with zero attached hydrogens (tertiary/aromatic N) is 1. The van der Waals surface area contributed by atoms with Gasteiger partial charge in [-0.2, -0.15) is 0 Å². The zero-order valence-electron chi connectivity index (χ0n) is 10.8. The third-order valence-corrected chi connectivity index (χ3v) is 2.83. The lowest BCUT2D eigenvalue weighted by atomic mass is 10.0. The van der Waals surface area contributed by atoms with E-state index in [4.69, 9.17) is 15.6 Å². The summed E-state index contributed by atoms with van der Waals surface area (Å²) in [4.78, 5) is 13.7. The number of hydrogen-bond acceptors (Lipinski definition) is 5. The number of carbonyl (C=O) groups is 1. The normalized spacial score (nSPS) is 10.7. The Labute approximate surface area is 107 Å². The van der Waals surface area contributed by atoms with E-state index in [9.17, 15) is 4.79 Å². The molecule has 0 radical (unpaired) electrons. The van der Waals surface area contributed by atoms with Gasteiger partial charge >= 0.3 is 5.97 Å². The predicted octanol–water partition coefficient (Wildman–Crippen LogP) is 0.870. The number of carbonyl (C=O) groups excluding carboxylic acids is 1. The van der Waals surface area contributed by atoms with Crippen molar-refractivity contribution in [3.05, 3.63) is 29.3 Å². The van der Waals surface area contributed by atoms with E-state index >= 15 is 0 Å². The summed E-state index contributed by atoms with van der Waals surface area (Å²) >= 11 is 0. The second-order valence-corrected chi connectivity index (χ2v) is 3.97. The quantitative estimate of drug-likeness (QED) is 0.580. The van der Waals surface area contributed by atoms with Gasteiger partial charge in [-0.15, -0.1) is 0 Å². The monoisotopic (exact) mass is 252 g/mol. The third kappa shape index (κ3) is 3.45. The first-order chi connectivity index (χ1) is 8.63. The van der Waals surface area contributed by atoms with Gasteiger partial charge in [0.1, 0.15) is 0 Å². The van der Waals surface area contributed by atoms with Crippen molar-refractivity contribution in [1.29, 1.82) is 0 Å². The molecule has 1 rings (SSSR count). The Balaban J connectivity index is 3.00. The predicted molar refractivity (Wildman–Crippen MR) is 70.2 cm³/mol. The second kappa shape index (κ2) is 6.98. The maximum absolute atomic E-state index is 11.7. The van der Waals surface area contributed by atoms with Crippen LogP contribution in [-0.2, 0) is 11.3 Å². The summed E-state index contributed by atoms with van der Waals surface area (Å²) in [7, 11) is 1.34. The highest BCUT2D eigenvalue weighted by Gasteiger charge is 2.16. The molecule has 5 heteroatoms. The summed E-state index contributed by atoms with van der Waals surface area (Å²) in [6, 6.07) is 5.34. The number of likely N-dealkylation sites (N-methyl/N-ethyl adjacent to an activating group) is 1. The SMILES string of the molecule is CCN(CCO)Cc1cccc(N)c1C(=O)OC. The molecule has 0 bridgehead atoms. The zero-order chi connectivity index (χ0) is 13.5. The van der Waals surface area contributed by atoms with Crippen LogP contribution < -0.4 is 5.73 Å². The first-order valence-corrected chi connectivity index (χ1v) is 5.92. The summed E-state index contributed by atoms with van der Waals surface area (Å²) < 4.78 is 4.75. The molecule has 0 saturated carbocycles. The maximum Gasteiger partial charge on any atom is 0.340 e. The van der Waals surface area contributed by atoms with Crippen LogP contribution >= 0.6 is 0 Å². The van der Waals surface area contributed by atoms with E-state index in [1.165, 1.54) is 7.11 Å². The Hall–Kier alpha value is -1.59. The van der Waals surface area contributed by atoms with Crippen LogP contribution in [0.5, 0.6) is 0 Å². The lowest BCUT2D eigenvalue weighted by Crippen LogP contribution is -2.27. The number of hydrogen-bond donors (Lipinski definition) is 2. The molecule has 0 aliphatic rings. The van der Waals surface area contributed by atoms with Gasteiger partial charge in [-0.05, 0) is 18.2 Å². The van der Waals surface area contributed by atoms with Crippen LogP contribution in [0.15, 0.2) is 18.2 Å². The summed E-state index contributed by atoms with van der Waals surface area (Å²) in [5, 5.41) is 8.97. The lowest BCUT2D eigenvalue weighted by Gasteiger charge is -2.21. The van der Waals surface area contributed by atoms with Crippen LogP contribution in [-0.4, -0.2) is 42.8 Å². The highest BCUT2D eigenvalue weighted by atomic mass is 16.5. The van der Waals surface area contributed by atoms with Gasteiger partial charge in [0.25, 0.3) is 0 Å². The molecule has 5 nitrogen and oxygen atoms in total. The van der Waals surface area contributed by atoms with Gasteiger partial charge in [-0.1, -0.05) is 19.1 Å². The van der Waals surface area contributed by atoms with Gasteiger partial charge in [0, 0.05) is 18.8 Å². The number of esters is 1. The van der Waals surface area contributed by atoms with Gasteiger partial charge in [0.05, 0.1) is 19.3 Å². The second-order valence-electron chi connectivity index (χ2n) is 3.97. The van der Waals surface area contributed by atoms with Gasteiger partial charge in [-0.25, -0.2) is 4.79 Å². The number of methoxy groups -OCH3 is 1. The number of nitrogen functional groups attached to an aromatic ring is 1. The average Bonchev–Trinajstić information content (AvgIpc) is 2.37. The number of rotatable bonds is 6. The molecule has 0 amide bonds. The molecular formula is C13H20N2O3. The molecule has 0 fully saturated rings. The third-order valence-electron chi connectivity index (χ3n) is 2.83. The minimum Gasteiger partial charge on any atom is -0.465 e. The first kappa shape index (κ1) is 14.5. The number of anilines is 1. The molecule has 0 aromatic heterocycles. The highest BCUT2D eigenvalue weighted by Crippen LogP contribution is 2.19. The van der Waals surface area contributed by atoms with Gasteiger partial charge in [-0.3, -0.25) is 4.90 Å². The van der Waals surface area contributed by atoms with Gasteiger partial charge in [0.15, 0.2) is 0 Å². The van der Waals surface area contributed by atoms with Crippen molar-refractivity contribution in [2.75, 3.05) is 32.5 Å². The molecule has 18 heavy (non-hydrogen) atoms. The van der Waals surface area contributed by atoms with E-state index in [0.29, 0.717) is 24.3 Å². The van der Waals surface area contributed by atoms with Crippen LogP contribution in [0.4, 0.5) is 5.69 Å². The zero-order valence-corrected chi connectivity index (χ0v) is 10.8. The van der Waals surface area contributed by atoms with E-state index < -0.39 is 5.97 Å². The van der Waals surface area contributed by atoms with Crippen molar-refractivity contribution >= 4 is 11.7 Å². The average molecular weight is 252 g/mol. The summed E-state index contributed by atoms with van der Waals surface area (Å²) in [6.45, 7) is 4.00. The van der Waals surface area contributed by atoms with Crippen LogP contribution in [0, 0.1) is 0 Å². The molecule has 0 spiro atoms. The first-order valence-electron chi connectivity index (χ1n) is 5.92. The summed E-state index contributed by atoms with van der Waals surface area (Å²) in [5.41, 5.74) is 7.47. The topological polar surface area (TPSA) is 75.8 Å². The molecule has 0 saturated heterocycles. The fourth-order valence-electron chi connectivity index (χ4n) is 1.83. The van der Waals surface area contributed by atoms with Crippen molar-refractivity contribution in [1.82, 2.24) is 4.90 Å². The molecule has 0 aliphatic carbocycles. The van der Waals surface area contributed by atoms with E-state index in [1.807, 2.05) is 24.0 Å². The number of ether oxygens (including phenoxy) is 1. The fraction of sp³-hybridized carbons (Fsp3) is 0.462. The van der Waals surface area contributed by atoms with Crippen molar-refractivity contribution < 1.29 is 14.6 Å². The lowest BCUT2D eigenvalue weighted by molar-refractivity contribution is 0.0599. The number of aliphatic hydroxyl groups excluding tert-OH is 1. The fourth-order valence-corrected chi connectivity index (χ4v) is 1.83. The van der Waals surface area contributed by atoms with Crippen LogP contribution in [0.1, 0.15) is 22.8 Å². The minimum absolute atomic E-state index is 0.0870. The van der Waals surface area contributed by atoms with E-state index in [2.05, 4.69) is 0 Å². The Morgan fingerprint density at radius 3 is 2.78 bits per heavy atom. The van der Waals surface area contributed by atoms with E-state index in [1.54, 1.807) is 6.07 Å². The molecule has 0 heterocycles. The van der Waals surface area contributed by atoms with Crippen LogP contribution in [0.2, 0.25) is 0 Å². The number of aliphatic hydroxyl groups is 1. The smallest absolute Gasteiger partial charge is 0.340 e. The molecule has 0 unspecified atom stereocenters. The van der Waals surface area contributed by atoms with Gasteiger partial charge < -0.3 is 15.6 Å². The minimum atomic E-state index is -0.428. The number of nitrogens with two attached hydrogens (primary N) is 1. The summed E-state index contributed by atoms with van der Waals surface area (Å²) in [6.07, 6.45) is 0. The maximum atomic E-state index is 11.7. The highest BCUT2D eigenvalue weighted by molar-refractivity contribution is 5.96. The number of benzene rings is 1. The molecular weight excluding hydrogens is 232 g/mol. The Morgan fingerprint density at radius 2 is 2.22 bits per heavy atom. The largest absolute Gasteiger partial charge is 0.465 e. The standard InChI is InChI=1S/C13H20N2O3/c1-3-15(7-8-16)9-10-5-4-6-11(14)12(10)13(17)18-2/h4-6,16H,3,7-9,14H2,1-2H3.